The highest BCUT2D eigenvalue weighted by Gasteiger charge is 2.17. The summed E-state index contributed by atoms with van der Waals surface area (Å²) in [5.41, 5.74) is 0. The molecule has 0 aliphatic heterocycles. The minimum Gasteiger partial charge on any atom is -0.318 e. The fourth-order valence-corrected chi connectivity index (χ4v) is 2.64. The summed E-state index contributed by atoms with van der Waals surface area (Å²) in [6.45, 7) is 0.741. The maximum atomic E-state index is 12.7. The quantitative estimate of drug-likeness (QED) is 0.781. The lowest BCUT2D eigenvalue weighted by Gasteiger charge is -2.07. The second-order valence-corrected chi connectivity index (χ2v) is 5.22. The Hall–Kier alpha value is -0.690. The summed E-state index contributed by atoms with van der Waals surface area (Å²) in [6, 6.07) is 3.16. The van der Waals surface area contributed by atoms with Crippen molar-refractivity contribution in [1.82, 2.24) is 10.0 Å². The standard InChI is InChI=1S/C9H12ClFN2O2S/c1-12-4-5-13-16(14,15)9-3-2-7(11)6-8(9)10/h2-3,6,12-13H,4-5H2,1H3. The molecular weight excluding hydrogens is 255 g/mol. The molecule has 16 heavy (non-hydrogen) atoms. The number of halogens is 2. The van der Waals surface area contributed by atoms with Gasteiger partial charge in [-0.2, -0.15) is 0 Å². The Morgan fingerprint density at radius 1 is 1.38 bits per heavy atom. The summed E-state index contributed by atoms with van der Waals surface area (Å²) >= 11 is 5.65. The Bertz CT molecular complexity index is 465. The van der Waals surface area contributed by atoms with E-state index in [1.165, 1.54) is 0 Å². The average Bonchev–Trinajstić information content (AvgIpc) is 2.17. The zero-order valence-electron chi connectivity index (χ0n) is 8.63. The van der Waals surface area contributed by atoms with E-state index in [2.05, 4.69) is 10.0 Å². The molecular formula is C9H12ClFN2O2S. The third-order valence-electron chi connectivity index (χ3n) is 1.85. The smallest absolute Gasteiger partial charge is 0.242 e. The van der Waals surface area contributed by atoms with Crippen LogP contribution in [0.15, 0.2) is 23.1 Å². The highest BCUT2D eigenvalue weighted by atomic mass is 35.5. The predicted molar refractivity (Wildman–Crippen MR) is 60.5 cm³/mol. The van der Waals surface area contributed by atoms with Crippen molar-refractivity contribution in [3.05, 3.63) is 29.0 Å². The summed E-state index contributed by atoms with van der Waals surface area (Å²) in [6.07, 6.45) is 0. The number of hydrogen-bond donors (Lipinski definition) is 2. The van der Waals surface area contributed by atoms with Crippen LogP contribution in [-0.2, 0) is 10.0 Å². The molecule has 0 heterocycles. The lowest BCUT2D eigenvalue weighted by Crippen LogP contribution is -2.30. The van der Waals surface area contributed by atoms with E-state index in [1.807, 2.05) is 0 Å². The van der Waals surface area contributed by atoms with E-state index in [-0.39, 0.29) is 16.5 Å². The SMILES string of the molecule is CNCCNS(=O)(=O)c1ccc(F)cc1Cl. The number of benzene rings is 1. The van der Waals surface area contributed by atoms with Crippen molar-refractivity contribution < 1.29 is 12.8 Å². The van der Waals surface area contributed by atoms with Gasteiger partial charge in [-0.1, -0.05) is 11.6 Å². The van der Waals surface area contributed by atoms with Gasteiger partial charge in [0.15, 0.2) is 0 Å². The van der Waals surface area contributed by atoms with Gasteiger partial charge >= 0.3 is 0 Å². The van der Waals surface area contributed by atoms with Crippen LogP contribution >= 0.6 is 11.6 Å². The molecule has 0 saturated heterocycles. The molecule has 0 fully saturated rings. The molecule has 7 heteroatoms. The second kappa shape index (κ2) is 5.58. The van der Waals surface area contributed by atoms with Crippen LogP contribution in [0.4, 0.5) is 4.39 Å². The molecule has 1 aromatic carbocycles. The first kappa shape index (κ1) is 13.4. The van der Waals surface area contributed by atoms with E-state index in [9.17, 15) is 12.8 Å². The molecule has 0 aliphatic carbocycles. The van der Waals surface area contributed by atoms with Crippen molar-refractivity contribution in [2.75, 3.05) is 20.1 Å². The summed E-state index contributed by atoms with van der Waals surface area (Å²) in [5, 5.41) is 2.67. The average molecular weight is 267 g/mol. The lowest BCUT2D eigenvalue weighted by molar-refractivity contribution is 0.578. The fraction of sp³-hybridized carbons (Fsp3) is 0.333. The highest BCUT2D eigenvalue weighted by molar-refractivity contribution is 7.89. The van der Waals surface area contributed by atoms with Crippen molar-refractivity contribution in [2.24, 2.45) is 0 Å². The van der Waals surface area contributed by atoms with Crippen LogP contribution in [0.25, 0.3) is 0 Å². The molecule has 0 bridgehead atoms. The summed E-state index contributed by atoms with van der Waals surface area (Å²) in [5.74, 6) is -0.570. The highest BCUT2D eigenvalue weighted by Crippen LogP contribution is 2.21. The molecule has 0 radical (unpaired) electrons. The van der Waals surface area contributed by atoms with E-state index < -0.39 is 15.8 Å². The zero-order valence-corrected chi connectivity index (χ0v) is 10.2. The Balaban J connectivity index is 2.90. The second-order valence-electron chi connectivity index (χ2n) is 3.08. The first-order valence-electron chi connectivity index (χ1n) is 4.56. The topological polar surface area (TPSA) is 58.2 Å². The van der Waals surface area contributed by atoms with Gasteiger partial charge in [-0.25, -0.2) is 17.5 Å². The maximum absolute atomic E-state index is 12.7. The van der Waals surface area contributed by atoms with Crippen LogP contribution < -0.4 is 10.0 Å². The molecule has 1 aromatic rings. The molecule has 1 rings (SSSR count). The molecule has 0 saturated carbocycles. The van der Waals surface area contributed by atoms with E-state index in [4.69, 9.17) is 11.6 Å². The minimum atomic E-state index is -3.67. The summed E-state index contributed by atoms with van der Waals surface area (Å²) in [7, 11) is -1.96. The van der Waals surface area contributed by atoms with Crippen LogP contribution in [0.2, 0.25) is 5.02 Å². The van der Waals surface area contributed by atoms with Crippen LogP contribution in [0, 0.1) is 5.82 Å². The van der Waals surface area contributed by atoms with Crippen LogP contribution in [0.1, 0.15) is 0 Å². The van der Waals surface area contributed by atoms with Gasteiger partial charge in [-0.05, 0) is 25.2 Å². The van der Waals surface area contributed by atoms with Gasteiger partial charge in [0.25, 0.3) is 0 Å². The minimum absolute atomic E-state index is 0.119. The number of sulfonamides is 1. The third kappa shape index (κ3) is 3.41. The number of hydrogen-bond acceptors (Lipinski definition) is 3. The van der Waals surface area contributed by atoms with Gasteiger partial charge in [-0.15, -0.1) is 0 Å². The molecule has 0 unspecified atom stereocenters. The van der Waals surface area contributed by atoms with E-state index >= 15 is 0 Å². The number of nitrogens with one attached hydrogen (secondary N) is 2. The molecule has 90 valence electrons. The Labute approximate surface area is 98.9 Å². The Kier molecular flexibility index (Phi) is 4.67. The van der Waals surface area contributed by atoms with Gasteiger partial charge < -0.3 is 5.32 Å². The number of likely N-dealkylation sites (N-methyl/N-ethyl adjacent to an activating group) is 1. The molecule has 0 spiro atoms. The normalized spacial score (nSPS) is 11.7. The summed E-state index contributed by atoms with van der Waals surface area (Å²) < 4.78 is 38.5. The predicted octanol–water partition coefficient (Wildman–Crippen LogP) is 0.977. The first-order chi connectivity index (χ1) is 7.47. The Morgan fingerprint density at radius 3 is 2.62 bits per heavy atom. The molecule has 2 N–H and O–H groups in total. The van der Waals surface area contributed by atoms with Crippen LogP contribution in [0.3, 0.4) is 0 Å². The van der Waals surface area contributed by atoms with Gasteiger partial charge in [0.1, 0.15) is 10.7 Å². The van der Waals surface area contributed by atoms with Gasteiger partial charge in [-0.3, -0.25) is 0 Å². The molecule has 0 atom stereocenters. The van der Waals surface area contributed by atoms with Crippen LogP contribution in [0.5, 0.6) is 0 Å². The van der Waals surface area contributed by atoms with E-state index in [0.717, 1.165) is 18.2 Å². The molecule has 0 amide bonds. The van der Waals surface area contributed by atoms with Gasteiger partial charge in [0.2, 0.25) is 10.0 Å². The summed E-state index contributed by atoms with van der Waals surface area (Å²) in [4.78, 5) is -0.119. The Morgan fingerprint density at radius 2 is 2.06 bits per heavy atom. The molecule has 0 aliphatic rings. The molecule has 4 nitrogen and oxygen atoms in total. The van der Waals surface area contributed by atoms with E-state index in [1.54, 1.807) is 7.05 Å². The third-order valence-corrected chi connectivity index (χ3v) is 3.79. The fourth-order valence-electron chi connectivity index (χ4n) is 1.08. The van der Waals surface area contributed by atoms with Crippen LogP contribution in [-0.4, -0.2) is 28.6 Å². The maximum Gasteiger partial charge on any atom is 0.242 e. The lowest BCUT2D eigenvalue weighted by atomic mass is 10.3. The van der Waals surface area contributed by atoms with Crippen molar-refractivity contribution >= 4 is 21.6 Å². The van der Waals surface area contributed by atoms with E-state index in [0.29, 0.717) is 6.54 Å². The van der Waals surface area contributed by atoms with Crippen molar-refractivity contribution in [3.8, 4) is 0 Å². The van der Waals surface area contributed by atoms with Gasteiger partial charge in [0.05, 0.1) is 5.02 Å². The van der Waals surface area contributed by atoms with Crippen molar-refractivity contribution in [1.29, 1.82) is 0 Å². The first-order valence-corrected chi connectivity index (χ1v) is 6.43. The zero-order chi connectivity index (χ0) is 12.2. The van der Waals surface area contributed by atoms with Crippen molar-refractivity contribution in [3.63, 3.8) is 0 Å². The largest absolute Gasteiger partial charge is 0.318 e. The number of rotatable bonds is 5. The van der Waals surface area contributed by atoms with Gasteiger partial charge in [0, 0.05) is 13.1 Å². The monoisotopic (exact) mass is 266 g/mol. The molecule has 0 aromatic heterocycles. The van der Waals surface area contributed by atoms with Crippen molar-refractivity contribution in [2.45, 2.75) is 4.90 Å².